The van der Waals surface area contributed by atoms with Gasteiger partial charge in [-0.05, 0) is 37.1 Å². The number of para-hydroxylation sites is 1. The minimum Gasteiger partial charge on any atom is -0.342 e. The van der Waals surface area contributed by atoms with Crippen molar-refractivity contribution in [3.05, 3.63) is 82.0 Å². The molecule has 148 valence electrons. The third-order valence-corrected chi connectivity index (χ3v) is 5.59. The molecule has 0 spiro atoms. The number of aromatic nitrogens is 3. The molecule has 0 saturated carbocycles. The van der Waals surface area contributed by atoms with E-state index in [1.54, 1.807) is 13.0 Å². The fourth-order valence-electron chi connectivity index (χ4n) is 3.31. The molecule has 4 rings (SSSR count). The number of nitriles is 1. The van der Waals surface area contributed by atoms with E-state index in [0.29, 0.717) is 11.7 Å². The number of hydrogen-bond donors (Lipinski definition) is 1. The number of anilines is 1. The van der Waals surface area contributed by atoms with Crippen LogP contribution in [0.25, 0.3) is 17.0 Å². The molecular weight excluding hydrogens is 394 g/mol. The Bertz CT molecular complexity index is 1310. The topological polar surface area (TPSA) is 83.6 Å². The lowest BCUT2D eigenvalue weighted by Crippen LogP contribution is -2.13. The van der Waals surface area contributed by atoms with E-state index in [2.05, 4.69) is 39.1 Å². The maximum absolute atomic E-state index is 12.6. The van der Waals surface area contributed by atoms with Crippen molar-refractivity contribution in [3.8, 4) is 6.07 Å². The number of carbonyl (C=O) groups is 1. The van der Waals surface area contributed by atoms with Gasteiger partial charge in [-0.15, -0.1) is 10.2 Å². The second-order valence-corrected chi connectivity index (χ2v) is 8.09. The fraction of sp³-hybridized carbons (Fsp3) is 0.130. The van der Waals surface area contributed by atoms with Crippen molar-refractivity contribution in [2.24, 2.45) is 0 Å². The Morgan fingerprint density at radius 3 is 2.67 bits per heavy atom. The average molecular weight is 414 g/mol. The number of hydrogen-bond acceptors (Lipinski definition) is 5. The SMILES string of the molecule is Cc1nnc(NC(=O)/C(C#N)=C\c2cn(Cc3ccccc3C)c3ccccc23)s1. The van der Waals surface area contributed by atoms with Crippen LogP contribution < -0.4 is 5.32 Å². The molecule has 0 aliphatic carbocycles. The highest BCUT2D eigenvalue weighted by atomic mass is 32.1. The van der Waals surface area contributed by atoms with E-state index in [1.807, 2.05) is 48.7 Å². The molecule has 2 aromatic carbocycles. The quantitative estimate of drug-likeness (QED) is 0.380. The predicted molar refractivity (Wildman–Crippen MR) is 119 cm³/mol. The van der Waals surface area contributed by atoms with Crippen LogP contribution >= 0.6 is 11.3 Å². The average Bonchev–Trinajstić information content (AvgIpc) is 3.31. The smallest absolute Gasteiger partial charge is 0.268 e. The second kappa shape index (κ2) is 8.31. The van der Waals surface area contributed by atoms with Crippen LogP contribution in [0.1, 0.15) is 21.7 Å². The summed E-state index contributed by atoms with van der Waals surface area (Å²) >= 11 is 1.26. The molecule has 6 nitrogen and oxygen atoms in total. The van der Waals surface area contributed by atoms with Gasteiger partial charge in [-0.2, -0.15) is 5.26 Å². The summed E-state index contributed by atoms with van der Waals surface area (Å²) in [7, 11) is 0. The van der Waals surface area contributed by atoms with E-state index in [4.69, 9.17) is 0 Å². The highest BCUT2D eigenvalue weighted by molar-refractivity contribution is 7.15. The van der Waals surface area contributed by atoms with Gasteiger partial charge >= 0.3 is 0 Å². The van der Waals surface area contributed by atoms with Crippen LogP contribution in [-0.2, 0) is 11.3 Å². The number of fused-ring (bicyclic) bond motifs is 1. The molecule has 0 fully saturated rings. The molecular formula is C23H19N5OS. The zero-order valence-electron chi connectivity index (χ0n) is 16.6. The van der Waals surface area contributed by atoms with Crippen LogP contribution in [0.15, 0.2) is 60.3 Å². The Morgan fingerprint density at radius 1 is 1.17 bits per heavy atom. The largest absolute Gasteiger partial charge is 0.342 e. The van der Waals surface area contributed by atoms with Crippen molar-refractivity contribution in [2.75, 3.05) is 5.32 Å². The van der Waals surface area contributed by atoms with Crippen LogP contribution in [-0.4, -0.2) is 20.7 Å². The molecule has 0 radical (unpaired) electrons. The molecule has 4 aromatic rings. The molecule has 2 heterocycles. The first-order valence-electron chi connectivity index (χ1n) is 9.41. The van der Waals surface area contributed by atoms with Crippen LogP contribution in [0, 0.1) is 25.2 Å². The number of nitrogens with zero attached hydrogens (tertiary/aromatic N) is 4. The molecule has 1 N–H and O–H groups in total. The van der Waals surface area contributed by atoms with Gasteiger partial charge in [-0.25, -0.2) is 0 Å². The Balaban J connectivity index is 1.70. The van der Waals surface area contributed by atoms with Gasteiger partial charge in [0.15, 0.2) is 0 Å². The molecule has 2 aromatic heterocycles. The summed E-state index contributed by atoms with van der Waals surface area (Å²) in [6.45, 7) is 4.60. The predicted octanol–water partition coefficient (Wildman–Crippen LogP) is 4.70. The van der Waals surface area contributed by atoms with Crippen LogP contribution in [0.5, 0.6) is 0 Å². The maximum atomic E-state index is 12.6. The summed E-state index contributed by atoms with van der Waals surface area (Å²) in [6, 6.07) is 18.2. The molecule has 30 heavy (non-hydrogen) atoms. The van der Waals surface area contributed by atoms with Gasteiger partial charge in [0.1, 0.15) is 16.6 Å². The first kappa shape index (κ1) is 19.6. The Kier molecular flexibility index (Phi) is 5.42. The van der Waals surface area contributed by atoms with Crippen molar-refractivity contribution in [1.82, 2.24) is 14.8 Å². The summed E-state index contributed by atoms with van der Waals surface area (Å²) in [6.07, 6.45) is 3.61. The third-order valence-electron chi connectivity index (χ3n) is 4.83. The van der Waals surface area contributed by atoms with Gasteiger partial charge in [-0.1, -0.05) is 53.8 Å². The number of carbonyl (C=O) groups excluding carboxylic acids is 1. The molecule has 1 amide bonds. The Morgan fingerprint density at radius 2 is 1.93 bits per heavy atom. The molecule has 0 unspecified atom stereocenters. The zero-order chi connectivity index (χ0) is 21.1. The zero-order valence-corrected chi connectivity index (χ0v) is 17.4. The standard InChI is InChI=1S/C23H19N5OS/c1-15-7-3-4-8-17(15)13-28-14-19(20-9-5-6-10-21(20)28)11-18(12-24)22(29)25-23-27-26-16(2)30-23/h3-11,14H,13H2,1-2H3,(H,25,27,29)/b18-11-. The van der Waals surface area contributed by atoms with Gasteiger partial charge in [0.2, 0.25) is 5.13 Å². The minimum atomic E-state index is -0.496. The normalized spacial score (nSPS) is 11.4. The minimum absolute atomic E-state index is 0.0154. The molecule has 0 aliphatic heterocycles. The number of benzene rings is 2. The van der Waals surface area contributed by atoms with E-state index in [-0.39, 0.29) is 5.57 Å². The van der Waals surface area contributed by atoms with E-state index in [1.165, 1.54) is 22.5 Å². The summed E-state index contributed by atoms with van der Waals surface area (Å²) in [4.78, 5) is 12.6. The number of rotatable bonds is 5. The first-order chi connectivity index (χ1) is 14.5. The lowest BCUT2D eigenvalue weighted by atomic mass is 10.1. The van der Waals surface area contributed by atoms with Gasteiger partial charge in [0, 0.05) is 29.2 Å². The van der Waals surface area contributed by atoms with E-state index in [9.17, 15) is 10.1 Å². The lowest BCUT2D eigenvalue weighted by Gasteiger charge is -2.08. The van der Waals surface area contributed by atoms with Gasteiger partial charge in [0.25, 0.3) is 5.91 Å². The molecule has 0 bridgehead atoms. The number of nitrogens with one attached hydrogen (secondary N) is 1. The first-order valence-corrected chi connectivity index (χ1v) is 10.2. The second-order valence-electron chi connectivity index (χ2n) is 6.91. The Labute approximate surface area is 178 Å². The van der Waals surface area contributed by atoms with Crippen LogP contribution in [0.3, 0.4) is 0 Å². The van der Waals surface area contributed by atoms with Gasteiger partial charge < -0.3 is 4.57 Å². The lowest BCUT2D eigenvalue weighted by molar-refractivity contribution is -0.112. The third kappa shape index (κ3) is 4.00. The number of amides is 1. The van der Waals surface area contributed by atoms with E-state index >= 15 is 0 Å². The molecule has 7 heteroatoms. The van der Waals surface area contributed by atoms with Crippen molar-refractivity contribution in [3.63, 3.8) is 0 Å². The van der Waals surface area contributed by atoms with Crippen molar-refractivity contribution < 1.29 is 4.79 Å². The van der Waals surface area contributed by atoms with E-state index < -0.39 is 5.91 Å². The Hall–Kier alpha value is -3.76. The van der Waals surface area contributed by atoms with Gasteiger partial charge in [-0.3, -0.25) is 10.1 Å². The van der Waals surface area contributed by atoms with Crippen LogP contribution in [0.4, 0.5) is 5.13 Å². The monoisotopic (exact) mass is 413 g/mol. The molecule has 0 saturated heterocycles. The summed E-state index contributed by atoms with van der Waals surface area (Å²) in [5, 5.41) is 22.1. The highest BCUT2D eigenvalue weighted by Crippen LogP contribution is 2.25. The highest BCUT2D eigenvalue weighted by Gasteiger charge is 2.14. The van der Waals surface area contributed by atoms with Gasteiger partial charge in [0.05, 0.1) is 0 Å². The van der Waals surface area contributed by atoms with E-state index in [0.717, 1.165) is 21.5 Å². The summed E-state index contributed by atoms with van der Waals surface area (Å²) < 4.78 is 2.14. The number of aryl methyl sites for hydroxylation is 2. The summed E-state index contributed by atoms with van der Waals surface area (Å²) in [5.41, 5.74) is 4.32. The van der Waals surface area contributed by atoms with Crippen molar-refractivity contribution >= 4 is 39.4 Å². The van der Waals surface area contributed by atoms with Crippen molar-refractivity contribution in [2.45, 2.75) is 20.4 Å². The fourth-order valence-corrected chi connectivity index (χ4v) is 3.89. The maximum Gasteiger partial charge on any atom is 0.268 e. The van der Waals surface area contributed by atoms with Crippen molar-refractivity contribution in [1.29, 1.82) is 5.26 Å². The summed E-state index contributed by atoms with van der Waals surface area (Å²) in [5.74, 6) is -0.496. The van der Waals surface area contributed by atoms with Crippen LogP contribution in [0.2, 0.25) is 0 Å². The molecule has 0 aliphatic rings. The molecule has 0 atom stereocenters.